The molecule has 1 heterocycles. The number of ether oxygens (including phenoxy) is 1. The molecule has 0 aliphatic heterocycles. The molecule has 1 aromatic heterocycles. The standard InChI is InChI=1S/C17H24N2O2/c1-12-6-7-16(14(8-12)10-18-17(3,4)5)20-11-15-9-13(2)19-21-15/h6-9,18H,10-11H2,1-5H3. The molecule has 2 aromatic rings. The number of aromatic nitrogens is 1. The van der Waals surface area contributed by atoms with Crippen molar-refractivity contribution in [3.05, 3.63) is 46.8 Å². The lowest BCUT2D eigenvalue weighted by Crippen LogP contribution is -2.35. The van der Waals surface area contributed by atoms with Crippen LogP contribution in [0.2, 0.25) is 0 Å². The van der Waals surface area contributed by atoms with Crippen molar-refractivity contribution in [2.24, 2.45) is 0 Å². The monoisotopic (exact) mass is 288 g/mol. The summed E-state index contributed by atoms with van der Waals surface area (Å²) >= 11 is 0. The Morgan fingerprint density at radius 2 is 1.95 bits per heavy atom. The maximum absolute atomic E-state index is 5.88. The average Bonchev–Trinajstić information content (AvgIpc) is 2.80. The van der Waals surface area contributed by atoms with E-state index in [1.807, 2.05) is 19.1 Å². The fraction of sp³-hybridized carbons (Fsp3) is 0.471. The zero-order valence-corrected chi connectivity index (χ0v) is 13.5. The first-order valence-corrected chi connectivity index (χ1v) is 7.23. The molecule has 0 spiro atoms. The van der Waals surface area contributed by atoms with Crippen LogP contribution in [0.15, 0.2) is 28.8 Å². The average molecular weight is 288 g/mol. The normalized spacial score (nSPS) is 11.7. The highest BCUT2D eigenvalue weighted by Crippen LogP contribution is 2.22. The van der Waals surface area contributed by atoms with Crippen LogP contribution in [0.25, 0.3) is 0 Å². The van der Waals surface area contributed by atoms with Crippen molar-refractivity contribution >= 4 is 0 Å². The second kappa shape index (κ2) is 6.31. The molecule has 0 aliphatic rings. The van der Waals surface area contributed by atoms with Gasteiger partial charge in [-0.15, -0.1) is 0 Å². The molecule has 1 aromatic carbocycles. The maximum atomic E-state index is 5.88. The third-order valence-electron chi connectivity index (χ3n) is 3.07. The van der Waals surface area contributed by atoms with Crippen LogP contribution in [-0.4, -0.2) is 10.7 Å². The van der Waals surface area contributed by atoms with E-state index in [-0.39, 0.29) is 5.54 Å². The fourth-order valence-electron chi connectivity index (χ4n) is 1.98. The Bertz CT molecular complexity index is 597. The van der Waals surface area contributed by atoms with Crippen molar-refractivity contribution in [3.63, 3.8) is 0 Å². The van der Waals surface area contributed by atoms with E-state index >= 15 is 0 Å². The first-order chi connectivity index (χ1) is 9.83. The van der Waals surface area contributed by atoms with Gasteiger partial charge in [0.05, 0.1) is 5.69 Å². The van der Waals surface area contributed by atoms with Gasteiger partial charge < -0.3 is 14.6 Å². The van der Waals surface area contributed by atoms with Gasteiger partial charge in [-0.1, -0.05) is 22.9 Å². The lowest BCUT2D eigenvalue weighted by Gasteiger charge is -2.22. The van der Waals surface area contributed by atoms with Crippen LogP contribution >= 0.6 is 0 Å². The number of hydrogen-bond acceptors (Lipinski definition) is 4. The van der Waals surface area contributed by atoms with Crippen molar-refractivity contribution in [3.8, 4) is 5.75 Å². The van der Waals surface area contributed by atoms with E-state index in [2.05, 4.69) is 50.3 Å². The summed E-state index contributed by atoms with van der Waals surface area (Å²) < 4.78 is 11.1. The predicted octanol–water partition coefficient (Wildman–Crippen LogP) is 3.76. The highest BCUT2D eigenvalue weighted by atomic mass is 16.5. The summed E-state index contributed by atoms with van der Waals surface area (Å²) in [5.41, 5.74) is 3.32. The highest BCUT2D eigenvalue weighted by molar-refractivity contribution is 5.37. The second-order valence-corrected chi connectivity index (χ2v) is 6.44. The Labute approximate surface area is 126 Å². The summed E-state index contributed by atoms with van der Waals surface area (Å²) in [6, 6.07) is 8.11. The Morgan fingerprint density at radius 3 is 2.57 bits per heavy atom. The largest absolute Gasteiger partial charge is 0.485 e. The minimum atomic E-state index is 0.0725. The maximum Gasteiger partial charge on any atom is 0.174 e. The van der Waals surface area contributed by atoms with E-state index in [0.29, 0.717) is 6.61 Å². The van der Waals surface area contributed by atoms with Gasteiger partial charge in [0.25, 0.3) is 0 Å². The van der Waals surface area contributed by atoms with Gasteiger partial charge in [-0.05, 0) is 40.7 Å². The summed E-state index contributed by atoms with van der Waals surface area (Å²) in [7, 11) is 0. The molecule has 4 nitrogen and oxygen atoms in total. The molecule has 0 amide bonds. The van der Waals surface area contributed by atoms with Crippen molar-refractivity contribution in [2.75, 3.05) is 0 Å². The molecule has 4 heteroatoms. The minimum Gasteiger partial charge on any atom is -0.485 e. The van der Waals surface area contributed by atoms with Gasteiger partial charge in [0.15, 0.2) is 5.76 Å². The zero-order valence-electron chi connectivity index (χ0n) is 13.5. The number of aryl methyl sites for hydroxylation is 2. The quantitative estimate of drug-likeness (QED) is 0.910. The smallest absolute Gasteiger partial charge is 0.174 e. The molecule has 0 radical (unpaired) electrons. The molecule has 0 saturated carbocycles. The van der Waals surface area contributed by atoms with E-state index in [1.54, 1.807) is 0 Å². The summed E-state index contributed by atoms with van der Waals surface area (Å²) in [6.45, 7) is 11.6. The van der Waals surface area contributed by atoms with Gasteiger partial charge in [-0.25, -0.2) is 0 Å². The molecule has 1 N–H and O–H groups in total. The first-order valence-electron chi connectivity index (χ1n) is 7.23. The molecular weight excluding hydrogens is 264 g/mol. The molecule has 2 rings (SSSR count). The number of nitrogens with one attached hydrogen (secondary N) is 1. The SMILES string of the molecule is Cc1ccc(OCc2cc(C)no2)c(CNC(C)(C)C)c1. The van der Waals surface area contributed by atoms with Crippen LogP contribution in [0, 0.1) is 13.8 Å². The van der Waals surface area contributed by atoms with Crippen molar-refractivity contribution < 1.29 is 9.26 Å². The number of nitrogens with zero attached hydrogens (tertiary/aromatic N) is 1. The molecule has 0 bridgehead atoms. The van der Waals surface area contributed by atoms with Crippen LogP contribution in [0.5, 0.6) is 5.75 Å². The molecule has 114 valence electrons. The van der Waals surface area contributed by atoms with E-state index in [9.17, 15) is 0 Å². The third kappa shape index (κ3) is 4.90. The van der Waals surface area contributed by atoms with Gasteiger partial charge in [-0.3, -0.25) is 0 Å². The first kappa shape index (κ1) is 15.6. The summed E-state index contributed by atoms with van der Waals surface area (Å²) in [5, 5.41) is 7.36. The number of benzene rings is 1. The van der Waals surface area contributed by atoms with Gasteiger partial charge in [-0.2, -0.15) is 0 Å². The Morgan fingerprint density at radius 1 is 1.19 bits per heavy atom. The van der Waals surface area contributed by atoms with E-state index < -0.39 is 0 Å². The molecule has 0 atom stereocenters. The molecule has 0 aliphatic carbocycles. The molecule has 21 heavy (non-hydrogen) atoms. The predicted molar refractivity (Wildman–Crippen MR) is 83.3 cm³/mol. The highest BCUT2D eigenvalue weighted by Gasteiger charge is 2.12. The van der Waals surface area contributed by atoms with Crippen LogP contribution in [-0.2, 0) is 13.2 Å². The lowest BCUT2D eigenvalue weighted by atomic mass is 10.1. The minimum absolute atomic E-state index is 0.0725. The Hall–Kier alpha value is -1.81. The summed E-state index contributed by atoms with van der Waals surface area (Å²) in [5.74, 6) is 1.62. The molecule has 0 unspecified atom stereocenters. The Kier molecular flexibility index (Phi) is 4.68. The zero-order chi connectivity index (χ0) is 15.5. The molecule has 0 saturated heterocycles. The Balaban J connectivity index is 2.07. The van der Waals surface area contributed by atoms with Crippen LogP contribution < -0.4 is 10.1 Å². The van der Waals surface area contributed by atoms with Crippen molar-refractivity contribution in [1.29, 1.82) is 0 Å². The van der Waals surface area contributed by atoms with E-state index in [4.69, 9.17) is 9.26 Å². The van der Waals surface area contributed by atoms with Gasteiger partial charge in [0.2, 0.25) is 0 Å². The molecular formula is C17H24N2O2. The van der Waals surface area contributed by atoms with Gasteiger partial charge in [0, 0.05) is 23.7 Å². The van der Waals surface area contributed by atoms with E-state index in [1.165, 1.54) is 5.56 Å². The lowest BCUT2D eigenvalue weighted by molar-refractivity contribution is 0.246. The topological polar surface area (TPSA) is 47.3 Å². The fourth-order valence-corrected chi connectivity index (χ4v) is 1.98. The van der Waals surface area contributed by atoms with Crippen LogP contribution in [0.1, 0.15) is 43.4 Å². The van der Waals surface area contributed by atoms with Crippen LogP contribution in [0.4, 0.5) is 0 Å². The van der Waals surface area contributed by atoms with Crippen molar-refractivity contribution in [2.45, 2.75) is 53.3 Å². The number of rotatable bonds is 5. The van der Waals surface area contributed by atoms with Crippen LogP contribution in [0.3, 0.4) is 0 Å². The van der Waals surface area contributed by atoms with E-state index in [0.717, 1.165) is 29.3 Å². The van der Waals surface area contributed by atoms with Gasteiger partial charge >= 0.3 is 0 Å². The summed E-state index contributed by atoms with van der Waals surface area (Å²) in [6.07, 6.45) is 0. The van der Waals surface area contributed by atoms with Gasteiger partial charge in [0.1, 0.15) is 12.4 Å². The van der Waals surface area contributed by atoms with Crippen molar-refractivity contribution in [1.82, 2.24) is 10.5 Å². The third-order valence-corrected chi connectivity index (χ3v) is 3.07. The second-order valence-electron chi connectivity index (χ2n) is 6.44. The molecule has 0 fully saturated rings. The summed E-state index contributed by atoms with van der Waals surface area (Å²) in [4.78, 5) is 0. The number of hydrogen-bond donors (Lipinski definition) is 1.